The Balaban J connectivity index is 1.54. The average Bonchev–Trinajstić information content (AvgIpc) is 2.90. The molecule has 0 saturated carbocycles. The molecule has 1 fully saturated rings. The summed E-state index contributed by atoms with van der Waals surface area (Å²) in [5.74, 6) is 2.02. The molecule has 2 aromatic rings. The predicted octanol–water partition coefficient (Wildman–Crippen LogP) is 4.83. The summed E-state index contributed by atoms with van der Waals surface area (Å²) in [4.78, 5) is 41.5. The van der Waals surface area contributed by atoms with Gasteiger partial charge in [-0.05, 0) is 85.0 Å². The molecular weight excluding hydrogens is 518 g/mol. The van der Waals surface area contributed by atoms with Gasteiger partial charge < -0.3 is 25.2 Å². The second-order valence-corrected chi connectivity index (χ2v) is 13.2. The largest absolute Gasteiger partial charge is 0.495 e. The zero-order valence-electron chi connectivity index (χ0n) is 26.3. The number of likely N-dealkylation sites (N-methyl/N-ethyl adjacent to an activating group) is 1. The van der Waals surface area contributed by atoms with Gasteiger partial charge in [0, 0.05) is 36.3 Å². The van der Waals surface area contributed by atoms with Crippen molar-refractivity contribution >= 4 is 35.0 Å². The molecular formula is C31H47N7O3. The number of rotatable bonds is 8. The third kappa shape index (κ3) is 6.27. The summed E-state index contributed by atoms with van der Waals surface area (Å²) in [6.07, 6.45) is 4.37. The Hall–Kier alpha value is -3.40. The van der Waals surface area contributed by atoms with E-state index in [0.29, 0.717) is 34.6 Å². The SMILES string of the molecule is COc1cc(C(=O)NC2CC(C)(C)N(C)C(C)(C)C2)ccc1Nc1ncc2c(n1)N(CCC(C)C)[C@H](C)C(=O)N2C. The molecule has 2 aliphatic heterocycles. The van der Waals surface area contributed by atoms with Gasteiger partial charge in [-0.1, -0.05) is 13.8 Å². The van der Waals surface area contributed by atoms with Crippen LogP contribution >= 0.6 is 0 Å². The monoisotopic (exact) mass is 565 g/mol. The number of carbonyl (C=O) groups is 2. The number of ether oxygens (including phenoxy) is 1. The topological polar surface area (TPSA) is 103 Å². The first-order valence-electron chi connectivity index (χ1n) is 14.6. The first kappa shape index (κ1) is 30.6. The number of methoxy groups -OCH3 is 1. The number of aromatic nitrogens is 2. The van der Waals surface area contributed by atoms with Crippen LogP contribution in [0.4, 0.5) is 23.1 Å². The Morgan fingerprint density at radius 2 is 1.80 bits per heavy atom. The summed E-state index contributed by atoms with van der Waals surface area (Å²) in [6, 6.07) is 5.09. The van der Waals surface area contributed by atoms with Gasteiger partial charge in [-0.25, -0.2) is 4.98 Å². The van der Waals surface area contributed by atoms with Gasteiger partial charge in [0.2, 0.25) is 11.9 Å². The number of nitrogens with zero attached hydrogens (tertiary/aromatic N) is 5. The number of nitrogens with one attached hydrogen (secondary N) is 2. The zero-order chi connectivity index (χ0) is 30.3. The summed E-state index contributed by atoms with van der Waals surface area (Å²) in [6.45, 7) is 15.9. The molecule has 2 aliphatic rings. The van der Waals surface area contributed by atoms with Crippen molar-refractivity contribution in [3.05, 3.63) is 30.0 Å². The number of piperidine rings is 1. The minimum Gasteiger partial charge on any atom is -0.495 e. The van der Waals surface area contributed by atoms with Crippen LogP contribution in [0.1, 0.15) is 78.1 Å². The number of hydrogen-bond acceptors (Lipinski definition) is 8. The quantitative estimate of drug-likeness (QED) is 0.469. The van der Waals surface area contributed by atoms with Crippen molar-refractivity contribution in [2.45, 2.75) is 90.9 Å². The first-order chi connectivity index (χ1) is 19.1. The van der Waals surface area contributed by atoms with Crippen LogP contribution in [0.5, 0.6) is 5.75 Å². The molecule has 224 valence electrons. The molecule has 2 amide bonds. The Bertz CT molecular complexity index is 1270. The highest BCUT2D eigenvalue weighted by atomic mass is 16.5. The minimum atomic E-state index is -0.318. The number of anilines is 4. The lowest BCUT2D eigenvalue weighted by Gasteiger charge is -2.53. The highest BCUT2D eigenvalue weighted by Crippen LogP contribution is 2.38. The van der Waals surface area contributed by atoms with Crippen molar-refractivity contribution in [2.24, 2.45) is 5.92 Å². The molecule has 1 aromatic carbocycles. The summed E-state index contributed by atoms with van der Waals surface area (Å²) in [5.41, 5.74) is 1.81. The maximum atomic E-state index is 13.3. The molecule has 2 N–H and O–H groups in total. The maximum absolute atomic E-state index is 13.3. The van der Waals surface area contributed by atoms with Crippen molar-refractivity contribution < 1.29 is 14.3 Å². The molecule has 1 atom stereocenters. The van der Waals surface area contributed by atoms with E-state index in [1.54, 1.807) is 37.4 Å². The van der Waals surface area contributed by atoms with E-state index < -0.39 is 0 Å². The number of amides is 2. The first-order valence-corrected chi connectivity index (χ1v) is 14.6. The summed E-state index contributed by atoms with van der Waals surface area (Å²) >= 11 is 0. The van der Waals surface area contributed by atoms with Crippen molar-refractivity contribution in [1.82, 2.24) is 20.2 Å². The van der Waals surface area contributed by atoms with E-state index in [4.69, 9.17) is 9.72 Å². The molecule has 0 radical (unpaired) electrons. The molecule has 10 heteroatoms. The fourth-order valence-electron chi connectivity index (χ4n) is 6.09. The minimum absolute atomic E-state index is 0.0217. The van der Waals surface area contributed by atoms with Crippen LogP contribution < -0.4 is 25.2 Å². The van der Waals surface area contributed by atoms with Gasteiger partial charge in [-0.3, -0.25) is 14.5 Å². The van der Waals surface area contributed by atoms with Gasteiger partial charge in [0.25, 0.3) is 5.91 Å². The molecule has 3 heterocycles. The number of hydrogen-bond donors (Lipinski definition) is 2. The van der Waals surface area contributed by atoms with Crippen molar-refractivity contribution in [1.29, 1.82) is 0 Å². The second kappa shape index (κ2) is 11.5. The number of benzene rings is 1. The molecule has 41 heavy (non-hydrogen) atoms. The molecule has 10 nitrogen and oxygen atoms in total. The normalized spacial score (nSPS) is 20.7. The molecule has 0 unspecified atom stereocenters. The van der Waals surface area contributed by atoms with Gasteiger partial charge in [0.15, 0.2) is 5.82 Å². The van der Waals surface area contributed by atoms with Gasteiger partial charge in [0.1, 0.15) is 17.5 Å². The van der Waals surface area contributed by atoms with Gasteiger partial charge >= 0.3 is 0 Å². The molecule has 1 saturated heterocycles. The predicted molar refractivity (Wildman–Crippen MR) is 164 cm³/mol. The van der Waals surface area contributed by atoms with E-state index in [2.05, 4.69) is 74.0 Å². The Kier molecular flexibility index (Phi) is 8.55. The van der Waals surface area contributed by atoms with Crippen LogP contribution in [0.15, 0.2) is 24.4 Å². The van der Waals surface area contributed by atoms with Gasteiger partial charge in [0.05, 0.1) is 19.0 Å². The highest BCUT2D eigenvalue weighted by Gasteiger charge is 2.43. The van der Waals surface area contributed by atoms with Crippen molar-refractivity contribution in [3.8, 4) is 5.75 Å². The summed E-state index contributed by atoms with van der Waals surface area (Å²) in [5, 5.41) is 6.51. The van der Waals surface area contributed by atoms with Crippen LogP contribution in [0.25, 0.3) is 0 Å². The van der Waals surface area contributed by atoms with Crippen molar-refractivity contribution in [3.63, 3.8) is 0 Å². The van der Waals surface area contributed by atoms with Gasteiger partial charge in [-0.2, -0.15) is 4.98 Å². The Morgan fingerprint density at radius 3 is 2.41 bits per heavy atom. The molecule has 4 rings (SSSR count). The number of likely N-dealkylation sites (tertiary alicyclic amines) is 1. The van der Waals surface area contributed by atoms with Crippen molar-refractivity contribution in [2.75, 3.05) is 42.9 Å². The Morgan fingerprint density at radius 1 is 1.15 bits per heavy atom. The van der Waals surface area contributed by atoms with Crippen LogP contribution in [0.2, 0.25) is 0 Å². The lowest BCUT2D eigenvalue weighted by molar-refractivity contribution is -0.119. The van der Waals surface area contributed by atoms with E-state index in [1.807, 2.05) is 13.0 Å². The van der Waals surface area contributed by atoms with E-state index >= 15 is 0 Å². The lowest BCUT2D eigenvalue weighted by atomic mass is 9.77. The summed E-state index contributed by atoms with van der Waals surface area (Å²) < 4.78 is 5.66. The van der Waals surface area contributed by atoms with E-state index in [0.717, 1.165) is 31.6 Å². The van der Waals surface area contributed by atoms with E-state index in [-0.39, 0.29) is 35.0 Å². The van der Waals surface area contributed by atoms with E-state index in [9.17, 15) is 9.59 Å². The maximum Gasteiger partial charge on any atom is 0.251 e. The van der Waals surface area contributed by atoms with Crippen LogP contribution in [0.3, 0.4) is 0 Å². The fourth-order valence-corrected chi connectivity index (χ4v) is 6.09. The third-order valence-electron chi connectivity index (χ3n) is 8.84. The lowest BCUT2D eigenvalue weighted by Crippen LogP contribution is -2.62. The van der Waals surface area contributed by atoms with Gasteiger partial charge in [-0.15, -0.1) is 0 Å². The van der Waals surface area contributed by atoms with E-state index in [1.165, 1.54) is 0 Å². The van der Waals surface area contributed by atoms with Crippen LogP contribution in [-0.2, 0) is 4.79 Å². The fraction of sp³-hybridized carbons (Fsp3) is 0.613. The smallest absolute Gasteiger partial charge is 0.251 e. The second-order valence-electron chi connectivity index (χ2n) is 13.2. The number of carbonyl (C=O) groups excluding carboxylic acids is 2. The average molecular weight is 566 g/mol. The standard InChI is InChI=1S/C31H47N7O3/c1-19(2)13-14-38-20(3)28(40)36(8)24-18-32-29(35-26(24)38)34-23-12-11-21(15-25(23)41-10)27(39)33-22-16-30(4,5)37(9)31(6,7)17-22/h11-12,15,18-20,22H,13-14,16-17H2,1-10H3,(H,33,39)(H,32,34,35)/t20-/m1/s1. The molecule has 0 spiro atoms. The highest BCUT2D eigenvalue weighted by molar-refractivity contribution is 6.04. The molecule has 1 aromatic heterocycles. The third-order valence-corrected chi connectivity index (χ3v) is 8.84. The number of fused-ring (bicyclic) bond motifs is 1. The van der Waals surface area contributed by atoms with Crippen LogP contribution in [0, 0.1) is 5.92 Å². The molecule has 0 aliphatic carbocycles. The Labute approximate surface area is 244 Å². The molecule has 0 bridgehead atoms. The van der Waals surface area contributed by atoms with Crippen LogP contribution in [-0.4, -0.2) is 77.6 Å². The summed E-state index contributed by atoms with van der Waals surface area (Å²) in [7, 11) is 5.49. The zero-order valence-corrected chi connectivity index (χ0v) is 26.3.